The summed E-state index contributed by atoms with van der Waals surface area (Å²) in [6.45, 7) is -3.81. The lowest BCUT2D eigenvalue weighted by Crippen LogP contribution is -2.50. The van der Waals surface area contributed by atoms with E-state index < -0.39 is 60.7 Å². The lowest BCUT2D eigenvalue weighted by molar-refractivity contribution is -0.117. The van der Waals surface area contributed by atoms with Gasteiger partial charge in [0.2, 0.25) is 5.91 Å². The Morgan fingerprint density at radius 1 is 1.16 bits per heavy atom. The third-order valence-corrected chi connectivity index (χ3v) is 4.94. The molecule has 1 saturated heterocycles. The predicted octanol–water partition coefficient (Wildman–Crippen LogP) is 2.31. The summed E-state index contributed by atoms with van der Waals surface area (Å²) in [7, 11) is 1.53. The van der Waals surface area contributed by atoms with Gasteiger partial charge in [0.05, 0.1) is 17.8 Å². The van der Waals surface area contributed by atoms with Crippen LogP contribution in [0.5, 0.6) is 11.5 Å². The average molecular weight is 437 g/mol. The third kappa shape index (κ3) is 6.69. The number of hydrogen-bond acceptors (Lipinski definition) is 6. The number of nitrogens with one attached hydrogen (secondary N) is 1. The van der Waals surface area contributed by atoms with Gasteiger partial charge in [-0.15, -0.1) is 0 Å². The molecule has 31 heavy (non-hydrogen) atoms. The maximum atomic E-state index is 12.9. The standard InChI is InChI=1S/C24H33N3O4/c1-18-7-6-8-19(2)24(18)25-23(29)16-27-13-11-26(12-14-27)15-20(28)17-31-22-10-5-4-9-21(22)30-3/h4-10,20,28H,11-17H2,1-3H3,(H,25,29)/i1D3,2D3,6D,7D,8D. The molecule has 168 valence electrons. The Morgan fingerprint density at radius 2 is 1.81 bits per heavy atom. The molecule has 7 heteroatoms. The number of benzene rings is 2. The van der Waals surface area contributed by atoms with Crippen molar-refractivity contribution in [2.24, 2.45) is 0 Å². The first-order chi connectivity index (χ1) is 18.6. The topological polar surface area (TPSA) is 74.3 Å². The number of piperazine rings is 1. The second-order valence-electron chi connectivity index (χ2n) is 7.24. The molecule has 0 bridgehead atoms. The van der Waals surface area contributed by atoms with Crippen molar-refractivity contribution in [1.29, 1.82) is 0 Å². The smallest absolute Gasteiger partial charge is 0.238 e. The van der Waals surface area contributed by atoms with Gasteiger partial charge in [-0.25, -0.2) is 0 Å². The number of nitrogens with zero attached hydrogens (tertiary/aromatic N) is 2. The van der Waals surface area contributed by atoms with Crippen molar-refractivity contribution in [3.05, 3.63) is 53.5 Å². The van der Waals surface area contributed by atoms with Crippen LogP contribution < -0.4 is 14.8 Å². The van der Waals surface area contributed by atoms with E-state index in [9.17, 15) is 9.90 Å². The van der Waals surface area contributed by atoms with Gasteiger partial charge in [-0.05, 0) is 37.0 Å². The summed E-state index contributed by atoms with van der Waals surface area (Å²) < 4.78 is 81.6. The molecular weight excluding hydrogens is 394 g/mol. The molecule has 2 aromatic carbocycles. The normalized spacial score (nSPS) is 21.0. The zero-order valence-electron chi connectivity index (χ0n) is 26.4. The fourth-order valence-electron chi connectivity index (χ4n) is 3.32. The molecule has 0 saturated carbocycles. The van der Waals surface area contributed by atoms with Gasteiger partial charge in [0, 0.05) is 46.6 Å². The second-order valence-corrected chi connectivity index (χ2v) is 7.24. The van der Waals surface area contributed by atoms with Gasteiger partial charge in [0.15, 0.2) is 11.5 Å². The monoisotopic (exact) mass is 436 g/mol. The number of hydrogen-bond donors (Lipinski definition) is 2. The molecule has 0 aromatic heterocycles. The van der Waals surface area contributed by atoms with Gasteiger partial charge in [0.1, 0.15) is 12.7 Å². The first kappa shape index (κ1) is 13.7. The highest BCUT2D eigenvalue weighted by atomic mass is 16.5. The number of rotatable bonds is 9. The molecule has 0 spiro atoms. The lowest BCUT2D eigenvalue weighted by Gasteiger charge is -2.35. The van der Waals surface area contributed by atoms with Gasteiger partial charge in [0.25, 0.3) is 0 Å². The summed E-state index contributed by atoms with van der Waals surface area (Å²) in [6, 6.07) is 4.64. The largest absolute Gasteiger partial charge is 0.493 e. The van der Waals surface area contributed by atoms with Crippen LogP contribution in [0.4, 0.5) is 5.69 Å². The fourth-order valence-corrected chi connectivity index (χ4v) is 3.32. The number of ether oxygens (including phenoxy) is 2. The van der Waals surface area contributed by atoms with Crippen LogP contribution in [-0.2, 0) is 4.79 Å². The number of methoxy groups -OCH3 is 1. The fraction of sp³-hybridized carbons (Fsp3) is 0.458. The quantitative estimate of drug-likeness (QED) is 0.628. The SMILES string of the molecule is [2H]c1c([2H])c(C([2H])([2H])[2H])c(NC(=O)CN2CCN(CC(O)COc3ccccc3OC)CC2)c(C([2H])([2H])[2H])c1[2H]. The summed E-state index contributed by atoms with van der Waals surface area (Å²) >= 11 is 0. The van der Waals surface area contributed by atoms with Crippen molar-refractivity contribution in [1.82, 2.24) is 9.80 Å². The molecule has 7 nitrogen and oxygen atoms in total. The molecule has 2 aromatic rings. The Labute approximate surface area is 197 Å². The highest BCUT2D eigenvalue weighted by Gasteiger charge is 2.21. The van der Waals surface area contributed by atoms with E-state index in [0.717, 1.165) is 0 Å². The van der Waals surface area contributed by atoms with Crippen molar-refractivity contribution in [3.8, 4) is 11.5 Å². The van der Waals surface area contributed by atoms with E-state index in [-0.39, 0.29) is 13.2 Å². The molecule has 1 aliphatic rings. The van der Waals surface area contributed by atoms with E-state index in [1.807, 2.05) is 11.0 Å². The van der Waals surface area contributed by atoms with E-state index in [4.69, 9.17) is 21.8 Å². The Balaban J connectivity index is 1.60. The molecule has 2 N–H and O–H groups in total. The molecule has 1 unspecified atom stereocenters. The van der Waals surface area contributed by atoms with Crippen LogP contribution >= 0.6 is 0 Å². The van der Waals surface area contributed by atoms with Crippen LogP contribution in [0.15, 0.2) is 42.4 Å². The highest BCUT2D eigenvalue weighted by molar-refractivity contribution is 5.93. The predicted molar refractivity (Wildman–Crippen MR) is 122 cm³/mol. The van der Waals surface area contributed by atoms with E-state index >= 15 is 0 Å². The maximum Gasteiger partial charge on any atom is 0.238 e. The molecular formula is C24H33N3O4. The lowest BCUT2D eigenvalue weighted by atomic mass is 10.1. The molecule has 1 aliphatic heterocycles. The Kier molecular flexibility index (Phi) is 4.93. The maximum absolute atomic E-state index is 12.9. The number of aliphatic hydroxyl groups excluding tert-OH is 1. The zero-order valence-corrected chi connectivity index (χ0v) is 17.4. The second kappa shape index (κ2) is 11.1. The van der Waals surface area contributed by atoms with Crippen LogP contribution in [0.3, 0.4) is 0 Å². The van der Waals surface area contributed by atoms with Crippen molar-refractivity contribution < 1.29 is 31.7 Å². The minimum atomic E-state index is -3.00. The minimum Gasteiger partial charge on any atom is -0.493 e. The van der Waals surface area contributed by atoms with Crippen molar-refractivity contribution in [2.75, 3.05) is 58.3 Å². The van der Waals surface area contributed by atoms with E-state index in [1.165, 1.54) is 7.11 Å². The van der Waals surface area contributed by atoms with Crippen molar-refractivity contribution in [3.63, 3.8) is 0 Å². The average Bonchev–Trinajstić information content (AvgIpc) is 2.86. The van der Waals surface area contributed by atoms with Gasteiger partial charge in [-0.2, -0.15) is 0 Å². The van der Waals surface area contributed by atoms with E-state index in [2.05, 4.69) is 5.32 Å². The summed E-state index contributed by atoms with van der Waals surface area (Å²) in [5, 5.41) is 12.8. The Hall–Kier alpha value is -2.61. The van der Waals surface area contributed by atoms with E-state index in [1.54, 1.807) is 23.1 Å². The third-order valence-electron chi connectivity index (χ3n) is 4.94. The number of amides is 1. The van der Waals surface area contributed by atoms with Crippen LogP contribution in [-0.4, -0.2) is 79.9 Å². The molecule has 0 aliphatic carbocycles. The van der Waals surface area contributed by atoms with Crippen LogP contribution in [0.2, 0.25) is 0 Å². The molecule has 0 radical (unpaired) electrons. The van der Waals surface area contributed by atoms with E-state index in [0.29, 0.717) is 44.2 Å². The van der Waals surface area contributed by atoms with Crippen LogP contribution in [0, 0.1) is 13.7 Å². The summed E-state index contributed by atoms with van der Waals surface area (Å²) in [4.78, 5) is 16.7. The molecule has 1 heterocycles. The van der Waals surface area contributed by atoms with Crippen molar-refractivity contribution >= 4 is 11.6 Å². The molecule has 1 amide bonds. The Bertz CT molecular complexity index is 1160. The van der Waals surface area contributed by atoms with Gasteiger partial charge in [-0.1, -0.05) is 30.3 Å². The molecule has 1 atom stereocenters. The molecule has 1 fully saturated rings. The number of aliphatic hydroxyl groups is 1. The van der Waals surface area contributed by atoms with Crippen molar-refractivity contribution in [2.45, 2.75) is 19.8 Å². The van der Waals surface area contributed by atoms with Gasteiger partial charge >= 0.3 is 0 Å². The molecule has 3 rings (SSSR count). The number of carbonyl (C=O) groups is 1. The van der Waals surface area contributed by atoms with Crippen LogP contribution in [0.1, 0.15) is 23.5 Å². The van der Waals surface area contributed by atoms with Gasteiger partial charge < -0.3 is 19.9 Å². The van der Waals surface area contributed by atoms with Gasteiger partial charge in [-0.3, -0.25) is 14.6 Å². The van der Waals surface area contributed by atoms with Crippen LogP contribution in [0.25, 0.3) is 0 Å². The first-order valence-electron chi connectivity index (χ1n) is 14.5. The summed E-state index contributed by atoms with van der Waals surface area (Å²) in [5.41, 5.74) is -2.18. The Morgan fingerprint density at radius 3 is 2.45 bits per heavy atom. The number of carbonyl (C=O) groups excluding carboxylic acids is 1. The summed E-state index contributed by atoms with van der Waals surface area (Å²) in [5.74, 6) is 0.383. The minimum absolute atomic E-state index is 0.0632. The number of β-amino-alcohol motifs (C(OH)–C–C–N with tert-alkyl or cyclic N) is 1. The number of anilines is 1. The first-order valence-corrected chi connectivity index (χ1v) is 9.96. The number of para-hydroxylation sites is 3. The zero-order chi connectivity index (χ0) is 29.8. The highest BCUT2D eigenvalue weighted by Crippen LogP contribution is 2.25. The summed E-state index contributed by atoms with van der Waals surface area (Å²) in [6.07, 6.45) is -0.769.